The molecule has 0 aliphatic rings. The SMILES string of the molecule is CC(NC(=O)[C@@](C)(Cc1cn(C(=O)OCOC(=O)c2ccc(COP(=O)([O-])[O-])cc2)c2ccccc12)NC(=O)OCc1cc2ccccc2o1)c1ccccc1.[Na+].[Na+]. The number of furan rings is 1. The fraction of sp³-hybridized carbons (Fsp3) is 0.200. The second-order valence-electron chi connectivity index (χ2n) is 13.0. The van der Waals surface area contributed by atoms with E-state index in [0.29, 0.717) is 33.4 Å². The molecule has 15 nitrogen and oxygen atoms in total. The molecule has 18 heteroatoms. The molecule has 0 saturated carbocycles. The fourth-order valence-electron chi connectivity index (χ4n) is 5.97. The van der Waals surface area contributed by atoms with E-state index in [1.54, 1.807) is 43.3 Å². The first-order valence-corrected chi connectivity index (χ1v) is 18.7. The molecule has 0 saturated heterocycles. The fourth-order valence-corrected chi connectivity index (χ4v) is 6.28. The maximum atomic E-state index is 14.1. The summed E-state index contributed by atoms with van der Waals surface area (Å²) in [6, 6.07) is 30.3. The first-order valence-electron chi connectivity index (χ1n) is 17.2. The van der Waals surface area contributed by atoms with Crippen LogP contribution in [0.2, 0.25) is 0 Å². The predicted molar refractivity (Wildman–Crippen MR) is 198 cm³/mol. The number of carbonyl (C=O) groups is 4. The number of phosphoric acid groups is 1. The molecule has 0 aliphatic heterocycles. The van der Waals surface area contributed by atoms with Crippen LogP contribution >= 0.6 is 7.82 Å². The van der Waals surface area contributed by atoms with Gasteiger partial charge in [-0.3, -0.25) is 9.36 Å². The maximum absolute atomic E-state index is 14.1. The van der Waals surface area contributed by atoms with E-state index in [1.807, 2.05) is 55.5 Å². The maximum Gasteiger partial charge on any atom is 1.00 e. The summed E-state index contributed by atoms with van der Waals surface area (Å²) in [5, 5.41) is 7.15. The molecular formula is C40H36N3Na2O12P. The number of ether oxygens (including phenoxy) is 3. The number of rotatable bonds is 14. The molecule has 2 N–H and O–H groups in total. The van der Waals surface area contributed by atoms with Crippen LogP contribution < -0.4 is 79.5 Å². The zero-order valence-electron chi connectivity index (χ0n) is 32.2. The number of para-hydroxylation sites is 2. The molecule has 6 aromatic rings. The molecule has 0 bridgehead atoms. The minimum atomic E-state index is -5.16. The van der Waals surface area contributed by atoms with E-state index in [2.05, 4.69) is 15.2 Å². The van der Waals surface area contributed by atoms with Crippen molar-refractivity contribution in [3.05, 3.63) is 143 Å². The summed E-state index contributed by atoms with van der Waals surface area (Å²) >= 11 is 0. The van der Waals surface area contributed by atoms with E-state index in [0.717, 1.165) is 10.9 Å². The molecule has 2 aromatic heterocycles. The molecule has 0 fully saturated rings. The van der Waals surface area contributed by atoms with Crippen molar-refractivity contribution in [3.63, 3.8) is 0 Å². The summed E-state index contributed by atoms with van der Waals surface area (Å²) in [6.45, 7) is 1.93. The number of carbonyl (C=O) groups excluding carboxylic acids is 4. The zero-order chi connectivity index (χ0) is 39.9. The molecule has 290 valence electrons. The van der Waals surface area contributed by atoms with Crippen LogP contribution in [0.1, 0.15) is 52.7 Å². The van der Waals surface area contributed by atoms with Gasteiger partial charge in [-0.2, -0.15) is 0 Å². The average molecular weight is 828 g/mol. The van der Waals surface area contributed by atoms with Gasteiger partial charge in [-0.05, 0) is 60.9 Å². The molecular weight excluding hydrogens is 791 g/mol. The Morgan fingerprint density at radius 3 is 2.22 bits per heavy atom. The number of hydrogen-bond acceptors (Lipinski definition) is 12. The van der Waals surface area contributed by atoms with Crippen LogP contribution in [0.25, 0.3) is 21.9 Å². The zero-order valence-corrected chi connectivity index (χ0v) is 37.1. The van der Waals surface area contributed by atoms with Gasteiger partial charge in [-0.15, -0.1) is 0 Å². The van der Waals surface area contributed by atoms with Gasteiger partial charge in [0.05, 0.1) is 31.6 Å². The number of nitrogens with zero attached hydrogens (tertiary/aromatic N) is 1. The van der Waals surface area contributed by atoms with Crippen molar-refractivity contribution in [2.45, 2.75) is 45.1 Å². The Bertz CT molecular complexity index is 2380. The number of phosphoric ester groups is 1. The van der Waals surface area contributed by atoms with Crippen molar-refractivity contribution >= 4 is 53.8 Å². The van der Waals surface area contributed by atoms with Crippen molar-refractivity contribution in [2.75, 3.05) is 6.79 Å². The molecule has 1 unspecified atom stereocenters. The quantitative estimate of drug-likeness (QED) is 0.0625. The number of esters is 1. The van der Waals surface area contributed by atoms with E-state index < -0.39 is 56.9 Å². The second-order valence-corrected chi connectivity index (χ2v) is 14.1. The third-order valence-corrected chi connectivity index (χ3v) is 9.28. The normalized spacial score (nSPS) is 12.6. The van der Waals surface area contributed by atoms with E-state index in [1.165, 1.54) is 35.0 Å². The van der Waals surface area contributed by atoms with Crippen LogP contribution in [0.5, 0.6) is 0 Å². The van der Waals surface area contributed by atoms with Crippen molar-refractivity contribution in [3.8, 4) is 0 Å². The van der Waals surface area contributed by atoms with E-state index in [9.17, 15) is 33.5 Å². The number of fused-ring (bicyclic) bond motifs is 2. The van der Waals surface area contributed by atoms with Gasteiger partial charge < -0.3 is 48.1 Å². The smallest absolute Gasteiger partial charge is 0.790 e. The Hall–Kier alpha value is -4.25. The summed E-state index contributed by atoms with van der Waals surface area (Å²) in [7, 11) is -5.16. The number of hydrogen-bond donors (Lipinski definition) is 2. The molecule has 2 amide bonds. The molecule has 0 spiro atoms. The van der Waals surface area contributed by atoms with Crippen molar-refractivity contribution in [1.29, 1.82) is 0 Å². The number of amides is 2. The third-order valence-electron chi connectivity index (χ3n) is 8.83. The topological polar surface area (TPSA) is 211 Å². The summed E-state index contributed by atoms with van der Waals surface area (Å²) in [4.78, 5) is 74.7. The number of benzene rings is 4. The standard InChI is InChI=1S/C40H38N3O12P.2Na/c1-26(28-10-4-3-5-11-28)41-37(45)40(2,42-38(46)51-24-32-20-30-12-6-9-15-35(30)55-32)21-31-22-43(34-14-8-7-13-33(31)34)39(47)53-25-52-36(44)29-18-16-27(17-19-29)23-54-56(48,49)50;;/h3-20,22,26H,21,23-25H2,1-2H3,(H,41,45)(H,42,46)(H2,48,49,50);;/q;2*+1/p-2/t26?,40-;;/m1../s1. The summed E-state index contributed by atoms with van der Waals surface area (Å²) in [6.07, 6.45) is -0.377. The van der Waals surface area contributed by atoms with Crippen LogP contribution in [0, 0.1) is 0 Å². The molecule has 58 heavy (non-hydrogen) atoms. The van der Waals surface area contributed by atoms with Gasteiger partial charge in [0.15, 0.2) is 6.61 Å². The molecule has 4 aromatic carbocycles. The molecule has 0 aliphatic carbocycles. The van der Waals surface area contributed by atoms with Crippen molar-refractivity contribution in [2.24, 2.45) is 0 Å². The van der Waals surface area contributed by atoms with Crippen LogP contribution in [0.15, 0.2) is 120 Å². The van der Waals surface area contributed by atoms with Crippen LogP contribution in [0.3, 0.4) is 0 Å². The monoisotopic (exact) mass is 827 g/mol. The van der Waals surface area contributed by atoms with Gasteiger partial charge in [0, 0.05) is 23.4 Å². The van der Waals surface area contributed by atoms with Gasteiger partial charge >= 0.3 is 77.3 Å². The average Bonchev–Trinajstić information content (AvgIpc) is 3.77. The summed E-state index contributed by atoms with van der Waals surface area (Å²) in [5.74, 6) is -0.943. The second kappa shape index (κ2) is 20.6. The van der Waals surface area contributed by atoms with E-state index in [-0.39, 0.29) is 77.7 Å². The molecule has 2 atom stereocenters. The molecule has 6 rings (SSSR count). The number of nitrogens with one attached hydrogen (secondary N) is 2. The van der Waals surface area contributed by atoms with Crippen LogP contribution in [0.4, 0.5) is 9.59 Å². The third kappa shape index (κ3) is 12.1. The van der Waals surface area contributed by atoms with E-state index >= 15 is 0 Å². The summed E-state index contributed by atoms with van der Waals surface area (Å²) < 4.78 is 37.8. The van der Waals surface area contributed by atoms with E-state index in [4.69, 9.17) is 18.6 Å². The van der Waals surface area contributed by atoms with Crippen LogP contribution in [-0.2, 0) is 47.7 Å². The Kier molecular flexibility index (Phi) is 16.5. The minimum Gasteiger partial charge on any atom is -0.790 e. The Balaban J connectivity index is 0.00000372. The van der Waals surface area contributed by atoms with Gasteiger partial charge in [-0.1, -0.05) is 78.9 Å². The first kappa shape index (κ1) is 46.4. The van der Waals surface area contributed by atoms with Gasteiger partial charge in [0.25, 0.3) is 0 Å². The van der Waals surface area contributed by atoms with Gasteiger partial charge in [-0.25, -0.2) is 14.4 Å². The molecule has 0 radical (unpaired) electrons. The minimum absolute atomic E-state index is 0. The Labute approximate surface area is 377 Å². The van der Waals surface area contributed by atoms with Gasteiger partial charge in [0.1, 0.15) is 16.9 Å². The predicted octanol–water partition coefficient (Wildman–Crippen LogP) is -0.355. The van der Waals surface area contributed by atoms with Crippen molar-refractivity contribution in [1.82, 2.24) is 15.2 Å². The van der Waals surface area contributed by atoms with Crippen LogP contribution in [-0.4, -0.2) is 41.0 Å². The number of aromatic nitrogens is 1. The Morgan fingerprint density at radius 2 is 1.52 bits per heavy atom. The number of alkyl carbamates (subject to hydrolysis) is 1. The Morgan fingerprint density at radius 1 is 0.845 bits per heavy atom. The first-order chi connectivity index (χ1) is 26.8. The summed E-state index contributed by atoms with van der Waals surface area (Å²) in [5.41, 5.74) is 1.19. The van der Waals surface area contributed by atoms with Gasteiger partial charge in [0.2, 0.25) is 12.7 Å². The largest absolute Gasteiger partial charge is 1.00 e. The molecule has 2 heterocycles. The van der Waals surface area contributed by atoms with Crippen molar-refractivity contribution < 1.29 is 116 Å².